The lowest BCUT2D eigenvalue weighted by Crippen LogP contribution is -2.66. The molecule has 6 heteroatoms. The van der Waals surface area contributed by atoms with Gasteiger partial charge < -0.3 is 13.7 Å². The summed E-state index contributed by atoms with van der Waals surface area (Å²) in [7, 11) is -2.65. The molecule has 1 heterocycles. The van der Waals surface area contributed by atoms with E-state index in [1.165, 1.54) is 10.4 Å². The third-order valence-corrected chi connectivity index (χ3v) is 14.7. The van der Waals surface area contributed by atoms with E-state index in [2.05, 4.69) is 69.3 Å². The molecule has 0 aliphatic carbocycles. The second-order valence-electron chi connectivity index (χ2n) is 11.6. The second-order valence-corrected chi connectivity index (χ2v) is 17.5. The quantitative estimate of drug-likeness (QED) is 0.0963. The fourth-order valence-electron chi connectivity index (χ4n) is 6.13. The van der Waals surface area contributed by atoms with Crippen LogP contribution in [0.4, 0.5) is 0 Å². The lowest BCUT2D eigenvalue weighted by molar-refractivity contribution is -0.141. The fourth-order valence-corrected chi connectivity index (χ4v) is 12.3. The Labute approximate surface area is 248 Å². The summed E-state index contributed by atoms with van der Waals surface area (Å²) in [4.78, 5) is 13.9. The molecule has 0 spiro atoms. The number of hydrogen-bond acceptors (Lipinski definition) is 4. The van der Waals surface area contributed by atoms with Gasteiger partial charge >= 0.3 is 5.97 Å². The number of benzene rings is 4. The van der Waals surface area contributed by atoms with Gasteiger partial charge in [0.25, 0.3) is 8.32 Å². The Balaban J connectivity index is 1.38. The predicted molar refractivity (Wildman–Crippen MR) is 169 cm³/mol. The van der Waals surface area contributed by atoms with Crippen LogP contribution in [0.3, 0.4) is 0 Å². The van der Waals surface area contributed by atoms with E-state index in [-0.39, 0.29) is 23.0 Å². The largest absolute Gasteiger partial charge is 0.611 e. The van der Waals surface area contributed by atoms with Crippen molar-refractivity contribution in [3.8, 4) is 0 Å². The van der Waals surface area contributed by atoms with Crippen LogP contribution in [-0.2, 0) is 25.1 Å². The van der Waals surface area contributed by atoms with Gasteiger partial charge in [-0.3, -0.25) is 0 Å². The number of esters is 1. The van der Waals surface area contributed by atoms with Crippen molar-refractivity contribution < 1.29 is 18.5 Å². The second kappa shape index (κ2) is 12.8. The first-order valence-electron chi connectivity index (χ1n) is 14.3. The van der Waals surface area contributed by atoms with Crippen LogP contribution in [0.1, 0.15) is 45.1 Å². The average Bonchev–Trinajstić information content (AvgIpc) is 3.33. The Morgan fingerprint density at radius 1 is 0.780 bits per heavy atom. The van der Waals surface area contributed by atoms with Crippen molar-refractivity contribution in [2.75, 3.05) is 6.61 Å². The molecule has 4 aromatic carbocycles. The summed E-state index contributed by atoms with van der Waals surface area (Å²) >= 11 is -1.52. The molecule has 1 saturated heterocycles. The number of carbonyl (C=O) groups excluding carboxylic acids is 1. The molecule has 1 aliphatic heterocycles. The average molecular weight is 583 g/mol. The number of carbonyl (C=O) groups is 1. The lowest BCUT2D eigenvalue weighted by Gasteiger charge is -2.43. The van der Waals surface area contributed by atoms with Gasteiger partial charge in [0.2, 0.25) is 5.25 Å². The zero-order chi connectivity index (χ0) is 28.9. The Bertz CT molecular complexity index is 1350. The maximum Gasteiger partial charge on any atom is 0.361 e. The maximum atomic E-state index is 13.7. The van der Waals surface area contributed by atoms with E-state index in [0.717, 1.165) is 12.0 Å². The van der Waals surface area contributed by atoms with Crippen LogP contribution in [0.15, 0.2) is 126 Å². The molecular formula is C35H38O4SSi. The van der Waals surface area contributed by atoms with Gasteiger partial charge in [-0.05, 0) is 45.9 Å². The van der Waals surface area contributed by atoms with E-state index in [9.17, 15) is 9.35 Å². The van der Waals surface area contributed by atoms with Gasteiger partial charge in [0, 0.05) is 17.8 Å². The zero-order valence-electron chi connectivity index (χ0n) is 23.9. The van der Waals surface area contributed by atoms with Gasteiger partial charge in [-0.25, -0.2) is 4.79 Å². The lowest BCUT2D eigenvalue weighted by atomic mass is 9.90. The minimum Gasteiger partial charge on any atom is -0.611 e. The van der Waals surface area contributed by atoms with Crippen molar-refractivity contribution >= 4 is 35.8 Å². The van der Waals surface area contributed by atoms with Gasteiger partial charge in [-0.15, -0.1) is 0 Å². The van der Waals surface area contributed by atoms with Crippen molar-refractivity contribution in [1.82, 2.24) is 0 Å². The number of rotatable bonds is 10. The van der Waals surface area contributed by atoms with Crippen LogP contribution in [0, 0.1) is 0 Å². The van der Waals surface area contributed by atoms with E-state index < -0.39 is 24.7 Å². The van der Waals surface area contributed by atoms with Crippen LogP contribution >= 0.6 is 0 Å². The Morgan fingerprint density at radius 2 is 1.27 bits per heavy atom. The topological polar surface area (TPSA) is 58.6 Å². The molecule has 5 rings (SSSR count). The first-order chi connectivity index (χ1) is 19.8. The summed E-state index contributed by atoms with van der Waals surface area (Å²) in [5.41, 5.74) is 0.977. The van der Waals surface area contributed by atoms with E-state index in [4.69, 9.17) is 9.16 Å². The van der Waals surface area contributed by atoms with Crippen molar-refractivity contribution in [2.24, 2.45) is 0 Å². The predicted octanol–water partition coefficient (Wildman–Crippen LogP) is 6.23. The normalized spacial score (nSPS) is 20.0. The minimum atomic E-state index is -2.65. The standard InChI is InChI=1S/C35H38O4SSi/c1-35(2,3)41(29-21-12-6-13-22-29,30-23-14-7-15-24-30)38-26-16-25-31-32(27-17-8-4-9-18-27)33(34(36)39-31)40(37)28-19-10-5-11-20-28/h4-15,17-24,31-33H,16,25-26H2,1-3H3/t31-,32+,33-,40?/m1/s1. The van der Waals surface area contributed by atoms with Crippen molar-refractivity contribution in [3.63, 3.8) is 0 Å². The highest BCUT2D eigenvalue weighted by atomic mass is 32.2. The van der Waals surface area contributed by atoms with Crippen LogP contribution < -0.4 is 10.4 Å². The molecule has 4 aromatic rings. The van der Waals surface area contributed by atoms with E-state index >= 15 is 0 Å². The Morgan fingerprint density at radius 3 is 1.78 bits per heavy atom. The number of cyclic esters (lactones) is 1. The van der Waals surface area contributed by atoms with Crippen LogP contribution in [0.5, 0.6) is 0 Å². The summed E-state index contributed by atoms with van der Waals surface area (Å²) in [6, 6.07) is 40.3. The highest BCUT2D eigenvalue weighted by Crippen LogP contribution is 2.41. The number of hydrogen-bond donors (Lipinski definition) is 0. The monoisotopic (exact) mass is 582 g/mol. The fraction of sp³-hybridized carbons (Fsp3) is 0.286. The molecular weight excluding hydrogens is 545 g/mol. The van der Waals surface area contributed by atoms with Crippen LogP contribution in [0.2, 0.25) is 5.04 Å². The van der Waals surface area contributed by atoms with Crippen LogP contribution in [-0.4, -0.2) is 36.8 Å². The zero-order valence-corrected chi connectivity index (χ0v) is 25.8. The molecule has 41 heavy (non-hydrogen) atoms. The molecule has 1 unspecified atom stereocenters. The van der Waals surface area contributed by atoms with E-state index in [0.29, 0.717) is 17.9 Å². The summed E-state index contributed by atoms with van der Waals surface area (Å²) < 4.78 is 26.7. The van der Waals surface area contributed by atoms with Gasteiger partial charge in [0.1, 0.15) is 6.10 Å². The molecule has 0 amide bonds. The first-order valence-corrected chi connectivity index (χ1v) is 17.4. The summed E-state index contributed by atoms with van der Waals surface area (Å²) in [5, 5.41) is 1.63. The third-order valence-electron chi connectivity index (χ3n) is 7.99. The highest BCUT2D eigenvalue weighted by molar-refractivity contribution is 7.92. The van der Waals surface area contributed by atoms with E-state index in [1.807, 2.05) is 72.8 Å². The van der Waals surface area contributed by atoms with Gasteiger partial charge in [0.15, 0.2) is 4.90 Å². The Kier molecular flexibility index (Phi) is 9.15. The van der Waals surface area contributed by atoms with Gasteiger partial charge in [-0.2, -0.15) is 0 Å². The van der Waals surface area contributed by atoms with Gasteiger partial charge in [-0.1, -0.05) is 130 Å². The molecule has 4 nitrogen and oxygen atoms in total. The molecule has 0 bridgehead atoms. The molecule has 0 saturated carbocycles. The SMILES string of the molecule is CC(C)(C)[Si](OCCC[C@H]1OC(=O)[C@H]([S+]([O-])c2ccccc2)[C@H]1c1ccccc1)(c1ccccc1)c1ccccc1. The molecule has 1 fully saturated rings. The smallest absolute Gasteiger partial charge is 0.361 e. The van der Waals surface area contributed by atoms with Crippen molar-refractivity contribution in [2.45, 2.75) is 60.8 Å². The first kappa shape index (κ1) is 29.3. The highest BCUT2D eigenvalue weighted by Gasteiger charge is 2.53. The van der Waals surface area contributed by atoms with Crippen molar-refractivity contribution in [3.05, 3.63) is 127 Å². The van der Waals surface area contributed by atoms with E-state index in [1.54, 1.807) is 0 Å². The Hall–Kier alpha value is -3.16. The molecule has 212 valence electrons. The summed E-state index contributed by atoms with van der Waals surface area (Å²) in [6.45, 7) is 7.35. The van der Waals surface area contributed by atoms with Gasteiger partial charge in [0.05, 0.1) is 5.92 Å². The number of ether oxygens (including phenoxy) is 1. The molecule has 4 atom stereocenters. The van der Waals surface area contributed by atoms with Crippen molar-refractivity contribution in [1.29, 1.82) is 0 Å². The summed E-state index contributed by atoms with van der Waals surface area (Å²) in [5.74, 6) is -0.684. The molecule has 0 aromatic heterocycles. The maximum absolute atomic E-state index is 13.7. The minimum absolute atomic E-state index is 0.111. The van der Waals surface area contributed by atoms with Crippen LogP contribution in [0.25, 0.3) is 0 Å². The molecule has 0 radical (unpaired) electrons. The third kappa shape index (κ3) is 6.07. The molecule has 0 N–H and O–H groups in total. The molecule has 1 aliphatic rings. The summed E-state index contributed by atoms with van der Waals surface area (Å²) in [6.07, 6.45) is 0.980.